The molecule has 0 atom stereocenters. The highest BCUT2D eigenvalue weighted by Gasteiger charge is 2.30. The number of piperazine rings is 1. The third-order valence-corrected chi connectivity index (χ3v) is 5.02. The molecule has 2 aromatic rings. The Hall–Kier alpha value is -3.30. The lowest BCUT2D eigenvalue weighted by Crippen LogP contribution is -2.48. The first-order valence-electron chi connectivity index (χ1n) is 9.88. The molecule has 0 radical (unpaired) electrons. The standard InChI is InChI=1S/C23H22F3N3O3.ClH/c24-23(25,26)19-6-8-20(9-7-19)28-12-14-29(15-13-28)22(31)11-5-18-3-1-2-17(16-18)4-10-21(30)27-32;/h1-11,16,32H,12-15H2,(H,27,30);1H/b10-4+,11-5+;. The van der Waals surface area contributed by atoms with Gasteiger partial charge in [-0.15, -0.1) is 12.4 Å². The summed E-state index contributed by atoms with van der Waals surface area (Å²) in [5, 5.41) is 8.51. The van der Waals surface area contributed by atoms with Gasteiger partial charge in [0, 0.05) is 44.0 Å². The maximum absolute atomic E-state index is 12.7. The van der Waals surface area contributed by atoms with Crippen molar-refractivity contribution >= 4 is 42.1 Å². The van der Waals surface area contributed by atoms with Crippen molar-refractivity contribution in [3.63, 3.8) is 0 Å². The van der Waals surface area contributed by atoms with Crippen LogP contribution in [0.1, 0.15) is 16.7 Å². The lowest BCUT2D eigenvalue weighted by molar-refractivity contribution is -0.137. The lowest BCUT2D eigenvalue weighted by atomic mass is 10.1. The molecule has 1 heterocycles. The zero-order valence-electron chi connectivity index (χ0n) is 17.5. The van der Waals surface area contributed by atoms with Crippen LogP contribution in [0.3, 0.4) is 0 Å². The number of nitrogens with zero attached hydrogens (tertiary/aromatic N) is 2. The fourth-order valence-electron chi connectivity index (χ4n) is 3.29. The molecule has 176 valence electrons. The number of alkyl halides is 3. The zero-order chi connectivity index (χ0) is 23.1. The van der Waals surface area contributed by atoms with Crippen LogP contribution in [0.15, 0.2) is 60.7 Å². The van der Waals surface area contributed by atoms with Gasteiger partial charge in [0.15, 0.2) is 0 Å². The van der Waals surface area contributed by atoms with Crippen LogP contribution in [0.4, 0.5) is 18.9 Å². The topological polar surface area (TPSA) is 72.9 Å². The van der Waals surface area contributed by atoms with E-state index in [9.17, 15) is 22.8 Å². The summed E-state index contributed by atoms with van der Waals surface area (Å²) in [4.78, 5) is 27.2. The molecule has 1 aliphatic rings. The van der Waals surface area contributed by atoms with Crippen LogP contribution in [0.25, 0.3) is 12.2 Å². The minimum Gasteiger partial charge on any atom is -0.368 e. The molecule has 1 saturated heterocycles. The highest BCUT2D eigenvalue weighted by Crippen LogP contribution is 2.30. The molecule has 2 N–H and O–H groups in total. The minimum atomic E-state index is -4.36. The van der Waals surface area contributed by atoms with Gasteiger partial charge in [-0.3, -0.25) is 14.8 Å². The summed E-state index contributed by atoms with van der Waals surface area (Å²) in [6, 6.07) is 12.2. The second-order valence-electron chi connectivity index (χ2n) is 7.17. The summed E-state index contributed by atoms with van der Waals surface area (Å²) >= 11 is 0. The van der Waals surface area contributed by atoms with Gasteiger partial charge in [-0.2, -0.15) is 13.2 Å². The molecule has 0 aliphatic carbocycles. The molecule has 0 bridgehead atoms. The van der Waals surface area contributed by atoms with Gasteiger partial charge in [-0.05, 0) is 53.6 Å². The van der Waals surface area contributed by atoms with E-state index in [1.165, 1.54) is 35.8 Å². The van der Waals surface area contributed by atoms with Crippen molar-refractivity contribution in [1.29, 1.82) is 0 Å². The van der Waals surface area contributed by atoms with E-state index >= 15 is 0 Å². The summed E-state index contributed by atoms with van der Waals surface area (Å²) < 4.78 is 38.1. The zero-order valence-corrected chi connectivity index (χ0v) is 18.3. The highest BCUT2D eigenvalue weighted by molar-refractivity contribution is 5.92. The largest absolute Gasteiger partial charge is 0.416 e. The Kier molecular flexibility index (Phi) is 9.07. The number of hydrogen-bond acceptors (Lipinski definition) is 4. The van der Waals surface area contributed by atoms with Crippen LogP contribution in [0, 0.1) is 0 Å². The highest BCUT2D eigenvalue weighted by atomic mass is 35.5. The van der Waals surface area contributed by atoms with Crippen molar-refractivity contribution in [3.05, 3.63) is 77.4 Å². The fourth-order valence-corrected chi connectivity index (χ4v) is 3.29. The molecule has 2 amide bonds. The number of anilines is 1. The van der Waals surface area contributed by atoms with Crippen molar-refractivity contribution in [2.24, 2.45) is 0 Å². The number of amides is 2. The first-order chi connectivity index (χ1) is 15.3. The molecule has 0 saturated carbocycles. The van der Waals surface area contributed by atoms with Crippen LogP contribution < -0.4 is 10.4 Å². The molecule has 3 rings (SSSR count). The van der Waals surface area contributed by atoms with E-state index in [4.69, 9.17) is 5.21 Å². The van der Waals surface area contributed by atoms with Gasteiger partial charge in [0.2, 0.25) is 5.91 Å². The van der Waals surface area contributed by atoms with Gasteiger partial charge >= 0.3 is 6.18 Å². The predicted molar refractivity (Wildman–Crippen MR) is 122 cm³/mol. The number of halogens is 4. The first-order valence-corrected chi connectivity index (χ1v) is 9.88. The maximum atomic E-state index is 12.7. The first kappa shape index (κ1) is 26.0. The van der Waals surface area contributed by atoms with E-state index in [-0.39, 0.29) is 18.3 Å². The van der Waals surface area contributed by atoms with Crippen molar-refractivity contribution in [1.82, 2.24) is 10.4 Å². The maximum Gasteiger partial charge on any atom is 0.416 e. The number of carbonyl (C=O) groups is 2. The molecule has 33 heavy (non-hydrogen) atoms. The van der Waals surface area contributed by atoms with Crippen LogP contribution in [0.5, 0.6) is 0 Å². The molecule has 10 heteroatoms. The summed E-state index contributed by atoms with van der Waals surface area (Å²) in [6.07, 6.45) is 1.50. The molecular weight excluding hydrogens is 459 g/mol. The molecule has 0 aromatic heterocycles. The Labute approximate surface area is 195 Å². The fraction of sp³-hybridized carbons (Fsp3) is 0.217. The number of nitrogens with one attached hydrogen (secondary N) is 1. The lowest BCUT2D eigenvalue weighted by Gasteiger charge is -2.35. The summed E-state index contributed by atoms with van der Waals surface area (Å²) in [5.41, 5.74) is 3.02. The van der Waals surface area contributed by atoms with Gasteiger partial charge in [0.05, 0.1) is 5.56 Å². The van der Waals surface area contributed by atoms with Crippen molar-refractivity contribution in [3.8, 4) is 0 Å². The predicted octanol–water partition coefficient (Wildman–Crippen LogP) is 4.01. The average Bonchev–Trinajstić information content (AvgIpc) is 2.81. The third-order valence-electron chi connectivity index (χ3n) is 5.02. The normalized spacial score (nSPS) is 14.4. The van der Waals surface area contributed by atoms with E-state index in [1.807, 2.05) is 11.0 Å². The molecule has 1 fully saturated rings. The van der Waals surface area contributed by atoms with Crippen molar-refractivity contribution in [2.75, 3.05) is 31.1 Å². The quantitative estimate of drug-likeness (QED) is 0.384. The second-order valence-corrected chi connectivity index (χ2v) is 7.17. The van der Waals surface area contributed by atoms with Crippen LogP contribution in [0.2, 0.25) is 0 Å². The Bertz CT molecular complexity index is 1020. The van der Waals surface area contributed by atoms with E-state index < -0.39 is 17.6 Å². The molecule has 6 nitrogen and oxygen atoms in total. The summed E-state index contributed by atoms with van der Waals surface area (Å²) in [6.45, 7) is 1.97. The van der Waals surface area contributed by atoms with E-state index in [1.54, 1.807) is 29.2 Å². The second kappa shape index (κ2) is 11.5. The van der Waals surface area contributed by atoms with Gasteiger partial charge in [-0.1, -0.05) is 18.2 Å². The van der Waals surface area contributed by atoms with E-state index in [0.29, 0.717) is 31.9 Å². The number of hydrogen-bond donors (Lipinski definition) is 2. The minimum absolute atomic E-state index is 0. The molecule has 1 aliphatic heterocycles. The third kappa shape index (κ3) is 7.37. The van der Waals surface area contributed by atoms with Crippen LogP contribution in [-0.4, -0.2) is 48.1 Å². The Morgan fingerprint density at radius 1 is 0.909 bits per heavy atom. The monoisotopic (exact) mass is 481 g/mol. The van der Waals surface area contributed by atoms with Crippen LogP contribution in [-0.2, 0) is 15.8 Å². The van der Waals surface area contributed by atoms with E-state index in [0.717, 1.165) is 23.3 Å². The van der Waals surface area contributed by atoms with Gasteiger partial charge in [0.1, 0.15) is 0 Å². The molecule has 2 aromatic carbocycles. The summed E-state index contributed by atoms with van der Waals surface area (Å²) in [5.74, 6) is -0.797. The van der Waals surface area contributed by atoms with Crippen molar-refractivity contribution < 1.29 is 28.0 Å². The van der Waals surface area contributed by atoms with E-state index in [2.05, 4.69) is 0 Å². The number of benzene rings is 2. The molecule has 0 spiro atoms. The SMILES string of the molecule is Cl.O=C(/C=C/c1cccc(/C=C/C(=O)N2CCN(c3ccc(C(F)(F)F)cc3)CC2)c1)NO. The number of hydroxylamine groups is 1. The summed E-state index contributed by atoms with van der Waals surface area (Å²) in [7, 11) is 0. The van der Waals surface area contributed by atoms with Gasteiger partial charge in [0.25, 0.3) is 5.91 Å². The molecule has 0 unspecified atom stereocenters. The smallest absolute Gasteiger partial charge is 0.368 e. The molecular formula is C23H23ClF3N3O3. The Balaban J connectivity index is 0.00000385. The number of carbonyl (C=O) groups excluding carboxylic acids is 2. The van der Waals surface area contributed by atoms with Gasteiger partial charge in [-0.25, -0.2) is 5.48 Å². The van der Waals surface area contributed by atoms with Crippen LogP contribution >= 0.6 is 12.4 Å². The van der Waals surface area contributed by atoms with Crippen molar-refractivity contribution in [2.45, 2.75) is 6.18 Å². The Morgan fingerprint density at radius 3 is 2.03 bits per heavy atom. The van der Waals surface area contributed by atoms with Gasteiger partial charge < -0.3 is 9.80 Å². The number of rotatable bonds is 5. The average molecular weight is 482 g/mol. The Morgan fingerprint density at radius 2 is 1.48 bits per heavy atom.